The van der Waals surface area contributed by atoms with Crippen LogP contribution in [0.25, 0.3) is 5.82 Å². The number of ether oxygens (including phenoxy) is 1. The Kier molecular flexibility index (Phi) is 2.69. The van der Waals surface area contributed by atoms with E-state index in [1.807, 2.05) is 0 Å². The van der Waals surface area contributed by atoms with Crippen LogP contribution in [0.1, 0.15) is 16.3 Å². The van der Waals surface area contributed by atoms with E-state index in [-0.39, 0.29) is 11.8 Å². The van der Waals surface area contributed by atoms with Gasteiger partial charge in [0.2, 0.25) is 11.8 Å². The SMILES string of the molecule is COC(=O)c1nc(C)cc(-n2cnc(N)n2)n1. The molecule has 2 aromatic heterocycles. The van der Waals surface area contributed by atoms with Crippen molar-refractivity contribution in [3.8, 4) is 5.82 Å². The molecule has 2 rings (SSSR count). The van der Waals surface area contributed by atoms with E-state index in [2.05, 4.69) is 24.8 Å². The summed E-state index contributed by atoms with van der Waals surface area (Å²) in [5.74, 6) is -0.109. The number of nitrogens with two attached hydrogens (primary N) is 1. The average Bonchev–Trinajstić information content (AvgIpc) is 2.74. The van der Waals surface area contributed by atoms with Gasteiger partial charge in [-0.3, -0.25) is 0 Å². The van der Waals surface area contributed by atoms with Gasteiger partial charge in [0.05, 0.1) is 7.11 Å². The van der Waals surface area contributed by atoms with Gasteiger partial charge in [0.1, 0.15) is 6.33 Å². The maximum Gasteiger partial charge on any atom is 0.376 e. The number of aromatic nitrogens is 5. The van der Waals surface area contributed by atoms with E-state index in [0.717, 1.165) is 0 Å². The molecule has 2 heterocycles. The summed E-state index contributed by atoms with van der Waals surface area (Å²) in [5, 5.41) is 3.89. The number of hydrogen-bond acceptors (Lipinski definition) is 7. The lowest BCUT2D eigenvalue weighted by Crippen LogP contribution is -2.11. The first-order chi connectivity index (χ1) is 8.10. The molecule has 0 atom stereocenters. The maximum absolute atomic E-state index is 11.3. The third-order valence-corrected chi connectivity index (χ3v) is 1.95. The maximum atomic E-state index is 11.3. The molecule has 8 nitrogen and oxygen atoms in total. The minimum atomic E-state index is -0.608. The number of carbonyl (C=O) groups is 1. The first kappa shape index (κ1) is 11.0. The predicted octanol–water partition coefficient (Wildman–Crippen LogP) is -0.265. The number of anilines is 1. The van der Waals surface area contributed by atoms with Gasteiger partial charge in [0.15, 0.2) is 5.82 Å². The molecule has 0 bridgehead atoms. The van der Waals surface area contributed by atoms with Crippen molar-refractivity contribution < 1.29 is 9.53 Å². The third-order valence-electron chi connectivity index (χ3n) is 1.95. The van der Waals surface area contributed by atoms with E-state index >= 15 is 0 Å². The lowest BCUT2D eigenvalue weighted by molar-refractivity contribution is 0.0586. The van der Waals surface area contributed by atoms with Crippen molar-refractivity contribution in [3.05, 3.63) is 23.9 Å². The monoisotopic (exact) mass is 234 g/mol. The normalized spacial score (nSPS) is 10.2. The summed E-state index contributed by atoms with van der Waals surface area (Å²) >= 11 is 0. The van der Waals surface area contributed by atoms with Gasteiger partial charge in [-0.2, -0.15) is 0 Å². The highest BCUT2D eigenvalue weighted by molar-refractivity contribution is 5.85. The lowest BCUT2D eigenvalue weighted by atomic mass is 10.4. The number of esters is 1. The van der Waals surface area contributed by atoms with Crippen LogP contribution in [0, 0.1) is 6.92 Å². The molecule has 0 aliphatic heterocycles. The molecule has 88 valence electrons. The fourth-order valence-corrected chi connectivity index (χ4v) is 1.24. The fourth-order valence-electron chi connectivity index (χ4n) is 1.24. The molecule has 0 saturated carbocycles. The minimum absolute atomic E-state index is 0.0310. The Morgan fingerprint density at radius 2 is 2.24 bits per heavy atom. The van der Waals surface area contributed by atoms with E-state index in [0.29, 0.717) is 11.5 Å². The van der Waals surface area contributed by atoms with Crippen LogP contribution in [-0.4, -0.2) is 37.8 Å². The molecule has 0 amide bonds. The van der Waals surface area contributed by atoms with Crippen molar-refractivity contribution in [2.75, 3.05) is 12.8 Å². The average molecular weight is 234 g/mol. The number of rotatable bonds is 2. The summed E-state index contributed by atoms with van der Waals surface area (Å²) in [6.07, 6.45) is 1.40. The topological polar surface area (TPSA) is 109 Å². The predicted molar refractivity (Wildman–Crippen MR) is 57.4 cm³/mol. The molecule has 0 radical (unpaired) electrons. The molecular formula is C9H10N6O2. The van der Waals surface area contributed by atoms with Crippen molar-refractivity contribution in [1.82, 2.24) is 24.7 Å². The van der Waals surface area contributed by atoms with Crippen molar-refractivity contribution in [3.63, 3.8) is 0 Å². The van der Waals surface area contributed by atoms with Crippen LogP contribution in [0.2, 0.25) is 0 Å². The highest BCUT2D eigenvalue weighted by Crippen LogP contribution is 2.06. The van der Waals surface area contributed by atoms with Gasteiger partial charge in [-0.15, -0.1) is 5.10 Å². The molecule has 17 heavy (non-hydrogen) atoms. The number of methoxy groups -OCH3 is 1. The van der Waals surface area contributed by atoms with Gasteiger partial charge in [0, 0.05) is 11.8 Å². The Bertz CT molecular complexity index is 564. The van der Waals surface area contributed by atoms with Crippen molar-refractivity contribution in [2.45, 2.75) is 6.92 Å². The molecule has 0 aliphatic rings. The Balaban J connectivity index is 2.48. The lowest BCUT2D eigenvalue weighted by Gasteiger charge is -2.03. The standard InChI is InChI=1S/C9H10N6O2/c1-5-3-6(15-4-11-9(10)14-15)13-7(12-5)8(16)17-2/h3-4H,1-2H3,(H2,10,14). The second kappa shape index (κ2) is 4.16. The first-order valence-corrected chi connectivity index (χ1v) is 4.71. The zero-order valence-corrected chi connectivity index (χ0v) is 9.28. The van der Waals surface area contributed by atoms with Crippen LogP contribution < -0.4 is 5.73 Å². The van der Waals surface area contributed by atoms with Crippen molar-refractivity contribution in [2.24, 2.45) is 0 Å². The molecule has 2 aromatic rings. The fraction of sp³-hybridized carbons (Fsp3) is 0.222. The van der Waals surface area contributed by atoms with Gasteiger partial charge in [0.25, 0.3) is 0 Å². The molecule has 0 unspecified atom stereocenters. The summed E-state index contributed by atoms with van der Waals surface area (Å²) < 4.78 is 5.91. The number of aryl methyl sites for hydroxylation is 1. The summed E-state index contributed by atoms with van der Waals surface area (Å²) in [6.45, 7) is 1.73. The van der Waals surface area contributed by atoms with E-state index in [1.165, 1.54) is 18.1 Å². The number of carbonyl (C=O) groups excluding carboxylic acids is 1. The largest absolute Gasteiger partial charge is 0.463 e. The smallest absolute Gasteiger partial charge is 0.376 e. The van der Waals surface area contributed by atoms with Gasteiger partial charge in [-0.05, 0) is 6.92 Å². The molecule has 8 heteroatoms. The molecule has 0 saturated heterocycles. The minimum Gasteiger partial charge on any atom is -0.463 e. The Hall–Kier alpha value is -2.51. The molecule has 0 fully saturated rings. The summed E-state index contributed by atoms with van der Waals surface area (Å²) in [7, 11) is 1.27. The van der Waals surface area contributed by atoms with Crippen LogP contribution in [0.3, 0.4) is 0 Å². The summed E-state index contributed by atoms with van der Waals surface area (Å²) in [5.41, 5.74) is 6.02. The van der Waals surface area contributed by atoms with Crippen LogP contribution in [0.15, 0.2) is 12.4 Å². The van der Waals surface area contributed by atoms with Crippen LogP contribution >= 0.6 is 0 Å². The van der Waals surface area contributed by atoms with Gasteiger partial charge in [-0.1, -0.05) is 0 Å². The number of nitrogen functional groups attached to an aromatic ring is 1. The summed E-state index contributed by atoms with van der Waals surface area (Å²) in [4.78, 5) is 23.1. The van der Waals surface area contributed by atoms with Crippen molar-refractivity contribution >= 4 is 11.9 Å². The highest BCUT2D eigenvalue weighted by atomic mass is 16.5. The summed E-state index contributed by atoms with van der Waals surface area (Å²) in [6, 6.07) is 1.65. The van der Waals surface area contributed by atoms with E-state index in [4.69, 9.17) is 5.73 Å². The Morgan fingerprint density at radius 3 is 2.82 bits per heavy atom. The van der Waals surface area contributed by atoms with Crippen molar-refractivity contribution in [1.29, 1.82) is 0 Å². The number of nitrogens with zero attached hydrogens (tertiary/aromatic N) is 5. The molecule has 0 aliphatic carbocycles. The zero-order chi connectivity index (χ0) is 12.4. The van der Waals surface area contributed by atoms with Crippen LogP contribution in [0.5, 0.6) is 0 Å². The highest BCUT2D eigenvalue weighted by Gasteiger charge is 2.12. The zero-order valence-electron chi connectivity index (χ0n) is 9.28. The first-order valence-electron chi connectivity index (χ1n) is 4.71. The molecule has 0 spiro atoms. The van der Waals surface area contributed by atoms with Gasteiger partial charge >= 0.3 is 5.97 Å². The third kappa shape index (κ3) is 2.19. The Labute approximate surface area is 96.5 Å². The van der Waals surface area contributed by atoms with Gasteiger partial charge in [-0.25, -0.2) is 24.4 Å². The quantitative estimate of drug-likeness (QED) is 0.712. The second-order valence-corrected chi connectivity index (χ2v) is 3.23. The van der Waals surface area contributed by atoms with Gasteiger partial charge < -0.3 is 10.5 Å². The molecule has 0 aromatic carbocycles. The Morgan fingerprint density at radius 1 is 1.47 bits per heavy atom. The van der Waals surface area contributed by atoms with Crippen LogP contribution in [-0.2, 0) is 4.74 Å². The number of hydrogen-bond donors (Lipinski definition) is 1. The van der Waals surface area contributed by atoms with E-state index in [9.17, 15) is 4.79 Å². The molecule has 2 N–H and O–H groups in total. The van der Waals surface area contributed by atoms with Crippen LogP contribution in [0.4, 0.5) is 5.95 Å². The second-order valence-electron chi connectivity index (χ2n) is 3.23. The van der Waals surface area contributed by atoms with E-state index in [1.54, 1.807) is 13.0 Å². The molecular weight excluding hydrogens is 224 g/mol. The van der Waals surface area contributed by atoms with E-state index < -0.39 is 5.97 Å².